The van der Waals surface area contributed by atoms with E-state index in [1.54, 1.807) is 0 Å². The molecule has 3 aromatic rings. The molecule has 0 atom stereocenters. The van der Waals surface area contributed by atoms with Crippen LogP contribution in [0.15, 0.2) is 46.9 Å². The molecule has 5 rings (SSSR count). The van der Waals surface area contributed by atoms with Crippen molar-refractivity contribution in [1.29, 1.82) is 0 Å². The van der Waals surface area contributed by atoms with Gasteiger partial charge in [-0.05, 0) is 55.3 Å². The number of para-hydroxylation sites is 1. The van der Waals surface area contributed by atoms with Crippen molar-refractivity contribution >= 4 is 28.4 Å². The zero-order valence-electron chi connectivity index (χ0n) is 18.3. The number of carbonyl (C=O) groups is 1. The topological polar surface area (TPSA) is 84.0 Å². The van der Waals surface area contributed by atoms with Crippen molar-refractivity contribution < 1.29 is 13.9 Å². The lowest BCUT2D eigenvalue weighted by Gasteiger charge is -2.36. The van der Waals surface area contributed by atoms with Gasteiger partial charge in [-0.25, -0.2) is 4.79 Å². The molecule has 0 bridgehead atoms. The molecule has 0 aliphatic carbocycles. The van der Waals surface area contributed by atoms with E-state index in [1.165, 1.54) is 11.3 Å². The van der Waals surface area contributed by atoms with Crippen molar-refractivity contribution in [1.82, 2.24) is 4.90 Å². The van der Waals surface area contributed by atoms with Crippen LogP contribution in [0, 0.1) is 0 Å². The number of aryl methyl sites for hydroxylation is 1. The lowest BCUT2D eigenvalue weighted by atomic mass is 10.1. The number of unbranched alkanes of at least 4 members (excludes halogenated alkanes) is 1. The van der Waals surface area contributed by atoms with Crippen molar-refractivity contribution in [3.8, 4) is 5.75 Å². The lowest BCUT2D eigenvalue weighted by Crippen LogP contribution is -2.46. The van der Waals surface area contributed by atoms with E-state index in [-0.39, 0.29) is 0 Å². The van der Waals surface area contributed by atoms with Crippen molar-refractivity contribution in [2.24, 2.45) is 5.73 Å². The number of ether oxygens (including phenoxy) is 1. The molecule has 1 saturated heterocycles. The smallest absolute Gasteiger partial charge is 0.316 e. The van der Waals surface area contributed by atoms with Gasteiger partial charge in [0.05, 0.1) is 12.3 Å². The third kappa shape index (κ3) is 4.39. The minimum absolute atomic E-state index is 0.563. The van der Waals surface area contributed by atoms with E-state index in [0.29, 0.717) is 5.69 Å². The summed E-state index contributed by atoms with van der Waals surface area (Å²) in [7, 11) is 0. The third-order valence-electron chi connectivity index (χ3n) is 6.46. The Labute approximate surface area is 188 Å². The first kappa shape index (κ1) is 20.7. The summed E-state index contributed by atoms with van der Waals surface area (Å²) in [5.74, 6) is 1.85. The highest BCUT2D eigenvalue weighted by Crippen LogP contribution is 2.32. The van der Waals surface area contributed by atoms with Crippen LogP contribution in [0.25, 0.3) is 11.0 Å². The summed E-state index contributed by atoms with van der Waals surface area (Å²) < 4.78 is 11.6. The van der Waals surface area contributed by atoms with Crippen molar-refractivity contribution in [3.05, 3.63) is 53.8 Å². The highest BCUT2D eigenvalue weighted by atomic mass is 16.5. The number of hydrogen-bond donors (Lipinski definition) is 2. The number of benzene rings is 2. The van der Waals surface area contributed by atoms with E-state index in [9.17, 15) is 4.79 Å². The van der Waals surface area contributed by atoms with E-state index >= 15 is 0 Å². The number of nitrogens with one attached hydrogen (secondary N) is 1. The molecule has 3 N–H and O–H groups in total. The summed E-state index contributed by atoms with van der Waals surface area (Å²) in [5.41, 5.74) is 9.50. The van der Waals surface area contributed by atoms with Gasteiger partial charge in [-0.15, -0.1) is 0 Å². The molecule has 2 aromatic carbocycles. The van der Waals surface area contributed by atoms with Crippen LogP contribution in [0.1, 0.15) is 24.2 Å². The number of primary amides is 1. The van der Waals surface area contributed by atoms with Gasteiger partial charge < -0.3 is 25.1 Å². The van der Waals surface area contributed by atoms with Crippen LogP contribution in [0.3, 0.4) is 0 Å². The van der Waals surface area contributed by atoms with Gasteiger partial charge in [0.2, 0.25) is 0 Å². The minimum atomic E-state index is -0.563. The molecule has 0 unspecified atom stereocenters. The standard InChI is InChI=1S/C25H30N4O3/c26-25(30)27-24-20-5-1-2-6-22(20)32-23(24)7-3-4-11-28-12-14-29(15-13-28)19-8-9-21-18(17-19)10-16-31-21/h1-2,5-6,8-9,17H,3-4,7,10-16H2,(H3,26,27,30). The van der Waals surface area contributed by atoms with Crippen LogP contribution in [0.4, 0.5) is 16.2 Å². The Morgan fingerprint density at radius 1 is 1.06 bits per heavy atom. The minimum Gasteiger partial charge on any atom is -0.493 e. The zero-order valence-corrected chi connectivity index (χ0v) is 18.3. The van der Waals surface area contributed by atoms with Gasteiger partial charge in [0.1, 0.15) is 17.1 Å². The average Bonchev–Trinajstić information content (AvgIpc) is 3.41. The number of rotatable bonds is 7. The molecule has 2 aliphatic rings. The summed E-state index contributed by atoms with van der Waals surface area (Å²) in [6, 6.07) is 13.8. The second-order valence-electron chi connectivity index (χ2n) is 8.56. The van der Waals surface area contributed by atoms with Gasteiger partial charge in [0.15, 0.2) is 0 Å². The SMILES string of the molecule is NC(=O)Nc1c(CCCCN2CCN(c3ccc4c(c3)CCO4)CC2)oc2ccccc12. The number of amides is 2. The van der Waals surface area contributed by atoms with Crippen LogP contribution >= 0.6 is 0 Å². The molecule has 7 nitrogen and oxygen atoms in total. The summed E-state index contributed by atoms with van der Waals surface area (Å²) in [6.45, 7) is 6.14. The second kappa shape index (κ2) is 9.12. The normalized spacial score (nSPS) is 16.2. The van der Waals surface area contributed by atoms with E-state index in [0.717, 1.165) is 87.5 Å². The third-order valence-corrected chi connectivity index (χ3v) is 6.46. The Morgan fingerprint density at radius 3 is 2.75 bits per heavy atom. The molecule has 32 heavy (non-hydrogen) atoms. The molecule has 0 saturated carbocycles. The average molecular weight is 435 g/mol. The Balaban J connectivity index is 1.10. The number of anilines is 2. The molecule has 0 radical (unpaired) electrons. The monoisotopic (exact) mass is 434 g/mol. The Morgan fingerprint density at radius 2 is 1.91 bits per heavy atom. The molecule has 3 heterocycles. The summed E-state index contributed by atoms with van der Waals surface area (Å²) in [6.07, 6.45) is 3.88. The maximum absolute atomic E-state index is 11.4. The number of hydrogen-bond acceptors (Lipinski definition) is 5. The summed E-state index contributed by atoms with van der Waals surface area (Å²) in [4.78, 5) is 16.4. The van der Waals surface area contributed by atoms with Gasteiger partial charge in [-0.3, -0.25) is 4.90 Å². The predicted molar refractivity (Wildman–Crippen MR) is 127 cm³/mol. The molecular weight excluding hydrogens is 404 g/mol. The van der Waals surface area contributed by atoms with Crippen LogP contribution in [-0.2, 0) is 12.8 Å². The Bertz CT molecular complexity index is 1100. The highest BCUT2D eigenvalue weighted by molar-refractivity contribution is 6.00. The van der Waals surface area contributed by atoms with Gasteiger partial charge in [-0.1, -0.05) is 12.1 Å². The fourth-order valence-electron chi connectivity index (χ4n) is 4.75. The van der Waals surface area contributed by atoms with Gasteiger partial charge in [-0.2, -0.15) is 0 Å². The van der Waals surface area contributed by atoms with Crippen LogP contribution in [-0.4, -0.2) is 50.3 Å². The quantitative estimate of drug-likeness (QED) is 0.549. The molecule has 168 valence electrons. The van der Waals surface area contributed by atoms with Crippen LogP contribution in [0.2, 0.25) is 0 Å². The van der Waals surface area contributed by atoms with Gasteiger partial charge >= 0.3 is 6.03 Å². The molecule has 1 fully saturated rings. The number of carbonyl (C=O) groups excluding carboxylic acids is 1. The van der Waals surface area contributed by atoms with Crippen LogP contribution < -0.4 is 20.7 Å². The maximum atomic E-state index is 11.4. The Hall–Kier alpha value is -3.19. The van der Waals surface area contributed by atoms with Gasteiger partial charge in [0, 0.05) is 50.1 Å². The molecule has 2 aliphatic heterocycles. The van der Waals surface area contributed by atoms with Crippen molar-refractivity contribution in [3.63, 3.8) is 0 Å². The number of furan rings is 1. The zero-order chi connectivity index (χ0) is 21.9. The summed E-state index contributed by atoms with van der Waals surface area (Å²) in [5, 5.41) is 3.64. The number of urea groups is 1. The highest BCUT2D eigenvalue weighted by Gasteiger charge is 2.20. The molecule has 0 spiro atoms. The van der Waals surface area contributed by atoms with Crippen molar-refractivity contribution in [2.75, 3.05) is 49.5 Å². The van der Waals surface area contributed by atoms with E-state index in [2.05, 4.69) is 33.3 Å². The van der Waals surface area contributed by atoms with Crippen molar-refractivity contribution in [2.45, 2.75) is 25.7 Å². The lowest BCUT2D eigenvalue weighted by molar-refractivity contribution is 0.252. The number of fused-ring (bicyclic) bond motifs is 2. The number of nitrogens with two attached hydrogens (primary N) is 1. The molecule has 7 heteroatoms. The first-order valence-corrected chi connectivity index (χ1v) is 11.5. The predicted octanol–water partition coefficient (Wildman–Crippen LogP) is 4.00. The maximum Gasteiger partial charge on any atom is 0.316 e. The summed E-state index contributed by atoms with van der Waals surface area (Å²) >= 11 is 0. The fraction of sp³-hybridized carbons (Fsp3) is 0.400. The number of nitrogens with zero attached hydrogens (tertiary/aromatic N) is 2. The van der Waals surface area contributed by atoms with Gasteiger partial charge in [0.25, 0.3) is 0 Å². The Kier molecular flexibility index (Phi) is 5.90. The molecule has 1 aromatic heterocycles. The van der Waals surface area contributed by atoms with E-state index in [4.69, 9.17) is 14.9 Å². The van der Waals surface area contributed by atoms with E-state index in [1.807, 2.05) is 24.3 Å². The molecule has 2 amide bonds. The second-order valence-corrected chi connectivity index (χ2v) is 8.56. The van der Waals surface area contributed by atoms with E-state index < -0.39 is 6.03 Å². The first-order chi connectivity index (χ1) is 15.7. The first-order valence-electron chi connectivity index (χ1n) is 11.5. The van der Waals surface area contributed by atoms with Crippen LogP contribution in [0.5, 0.6) is 5.75 Å². The molecular formula is C25H30N4O3. The largest absolute Gasteiger partial charge is 0.493 e. The fourth-order valence-corrected chi connectivity index (χ4v) is 4.75. The number of piperazine rings is 1.